The van der Waals surface area contributed by atoms with Crippen molar-refractivity contribution in [3.8, 4) is 0 Å². The number of hydrogen-bond acceptors (Lipinski definition) is 7. The SMILES string of the molecule is COC(=O)c1cnc(Sc2nccc(=O)[nH]2)cn1. The molecule has 0 saturated carbocycles. The highest BCUT2D eigenvalue weighted by atomic mass is 32.2. The van der Waals surface area contributed by atoms with E-state index in [1.54, 1.807) is 0 Å². The molecule has 2 heterocycles. The van der Waals surface area contributed by atoms with Gasteiger partial charge in [0.1, 0.15) is 5.03 Å². The molecule has 0 saturated heterocycles. The Kier molecular flexibility index (Phi) is 3.68. The summed E-state index contributed by atoms with van der Waals surface area (Å²) in [4.78, 5) is 36.6. The highest BCUT2D eigenvalue weighted by Crippen LogP contribution is 2.19. The zero-order valence-electron chi connectivity index (χ0n) is 9.28. The van der Waals surface area contributed by atoms with E-state index >= 15 is 0 Å². The molecule has 18 heavy (non-hydrogen) atoms. The first-order valence-electron chi connectivity index (χ1n) is 4.82. The third-order valence-corrected chi connectivity index (χ3v) is 2.69. The standard InChI is InChI=1S/C10H8N4O3S/c1-17-9(16)6-4-13-8(5-12-6)18-10-11-3-2-7(15)14-10/h2-5H,1H3,(H,11,14,15). The van der Waals surface area contributed by atoms with Crippen LogP contribution in [0.5, 0.6) is 0 Å². The molecule has 0 bridgehead atoms. The number of aromatic nitrogens is 4. The summed E-state index contributed by atoms with van der Waals surface area (Å²) in [5.41, 5.74) is -0.122. The molecular weight excluding hydrogens is 256 g/mol. The highest BCUT2D eigenvalue weighted by molar-refractivity contribution is 7.99. The fraction of sp³-hybridized carbons (Fsp3) is 0.100. The molecule has 2 rings (SSSR count). The molecular formula is C10H8N4O3S. The number of carbonyl (C=O) groups is 1. The molecule has 0 fully saturated rings. The molecule has 1 N–H and O–H groups in total. The van der Waals surface area contributed by atoms with E-state index in [0.29, 0.717) is 10.2 Å². The normalized spacial score (nSPS) is 10.1. The summed E-state index contributed by atoms with van der Waals surface area (Å²) in [6.07, 6.45) is 4.11. The molecule has 0 aromatic carbocycles. The number of esters is 1. The molecule has 0 aliphatic carbocycles. The number of nitrogens with zero attached hydrogens (tertiary/aromatic N) is 3. The minimum Gasteiger partial charge on any atom is -0.464 e. The summed E-state index contributed by atoms with van der Waals surface area (Å²) in [5.74, 6) is -0.551. The summed E-state index contributed by atoms with van der Waals surface area (Å²) >= 11 is 1.14. The van der Waals surface area contributed by atoms with Gasteiger partial charge in [0.05, 0.1) is 19.5 Å². The summed E-state index contributed by atoms with van der Waals surface area (Å²) in [5, 5.41) is 0.916. The first-order chi connectivity index (χ1) is 8.69. The van der Waals surface area contributed by atoms with Gasteiger partial charge in [-0.2, -0.15) is 0 Å². The highest BCUT2D eigenvalue weighted by Gasteiger charge is 2.08. The van der Waals surface area contributed by atoms with Crippen molar-refractivity contribution >= 4 is 17.7 Å². The van der Waals surface area contributed by atoms with Crippen molar-refractivity contribution in [1.82, 2.24) is 19.9 Å². The molecule has 0 spiro atoms. The van der Waals surface area contributed by atoms with Crippen molar-refractivity contribution in [1.29, 1.82) is 0 Å². The van der Waals surface area contributed by atoms with Crippen LogP contribution in [0, 0.1) is 0 Å². The van der Waals surface area contributed by atoms with Gasteiger partial charge < -0.3 is 9.72 Å². The fourth-order valence-electron chi connectivity index (χ4n) is 1.08. The molecule has 0 radical (unpaired) electrons. The van der Waals surface area contributed by atoms with Crippen molar-refractivity contribution in [3.05, 3.63) is 40.7 Å². The first kappa shape index (κ1) is 12.2. The van der Waals surface area contributed by atoms with Crippen molar-refractivity contribution in [2.75, 3.05) is 7.11 Å². The first-order valence-corrected chi connectivity index (χ1v) is 5.64. The van der Waals surface area contributed by atoms with E-state index in [-0.39, 0.29) is 11.3 Å². The topological polar surface area (TPSA) is 97.8 Å². The second kappa shape index (κ2) is 5.41. The summed E-state index contributed by atoms with van der Waals surface area (Å²) < 4.78 is 4.50. The minimum atomic E-state index is -0.551. The fourth-order valence-corrected chi connectivity index (χ4v) is 1.76. The Bertz CT molecular complexity index is 611. The van der Waals surface area contributed by atoms with Crippen LogP contribution in [-0.4, -0.2) is 33.0 Å². The van der Waals surface area contributed by atoms with E-state index in [0.717, 1.165) is 11.8 Å². The van der Waals surface area contributed by atoms with E-state index in [9.17, 15) is 9.59 Å². The molecule has 0 aliphatic heterocycles. The number of aromatic amines is 1. The van der Waals surface area contributed by atoms with E-state index in [2.05, 4.69) is 24.7 Å². The molecule has 0 atom stereocenters. The number of H-pyrrole nitrogens is 1. The smallest absolute Gasteiger partial charge is 0.358 e. The predicted octanol–water partition coefficient (Wildman–Crippen LogP) is 0.498. The van der Waals surface area contributed by atoms with Gasteiger partial charge in [0.25, 0.3) is 5.56 Å². The van der Waals surface area contributed by atoms with Gasteiger partial charge in [-0.05, 0) is 11.8 Å². The quantitative estimate of drug-likeness (QED) is 0.636. The van der Waals surface area contributed by atoms with Crippen molar-refractivity contribution in [2.45, 2.75) is 10.2 Å². The maximum Gasteiger partial charge on any atom is 0.358 e. The van der Waals surface area contributed by atoms with Crippen LogP contribution < -0.4 is 5.56 Å². The van der Waals surface area contributed by atoms with Crippen molar-refractivity contribution in [3.63, 3.8) is 0 Å². The van der Waals surface area contributed by atoms with Gasteiger partial charge in [0.2, 0.25) is 0 Å². The second-order valence-electron chi connectivity index (χ2n) is 3.07. The largest absolute Gasteiger partial charge is 0.464 e. The monoisotopic (exact) mass is 264 g/mol. The Balaban J connectivity index is 2.16. The lowest BCUT2D eigenvalue weighted by Crippen LogP contribution is -2.06. The predicted molar refractivity (Wildman–Crippen MR) is 62.4 cm³/mol. The number of hydrogen-bond donors (Lipinski definition) is 1. The Labute approximate surface area is 106 Å². The lowest BCUT2D eigenvalue weighted by Gasteiger charge is -2.00. The van der Waals surface area contributed by atoms with E-state index in [4.69, 9.17) is 0 Å². The lowest BCUT2D eigenvalue weighted by atomic mass is 10.5. The van der Waals surface area contributed by atoms with Crippen LogP contribution >= 0.6 is 11.8 Å². The summed E-state index contributed by atoms with van der Waals surface area (Å²) in [6.45, 7) is 0. The summed E-state index contributed by atoms with van der Waals surface area (Å²) in [6, 6.07) is 1.32. The maximum atomic E-state index is 11.1. The molecule has 0 aliphatic rings. The molecule has 0 unspecified atom stereocenters. The number of rotatable bonds is 3. The Morgan fingerprint density at radius 2 is 2.17 bits per heavy atom. The number of carbonyl (C=O) groups excluding carboxylic acids is 1. The number of ether oxygens (including phenoxy) is 1. The molecule has 7 nitrogen and oxygen atoms in total. The van der Waals surface area contributed by atoms with Gasteiger partial charge in [-0.3, -0.25) is 4.79 Å². The van der Waals surface area contributed by atoms with Gasteiger partial charge in [-0.1, -0.05) is 0 Å². The van der Waals surface area contributed by atoms with E-state index < -0.39 is 5.97 Å². The van der Waals surface area contributed by atoms with Gasteiger partial charge in [-0.15, -0.1) is 0 Å². The van der Waals surface area contributed by atoms with Crippen molar-refractivity contribution in [2.24, 2.45) is 0 Å². The van der Waals surface area contributed by atoms with Crippen LogP contribution in [-0.2, 0) is 4.74 Å². The van der Waals surface area contributed by atoms with E-state index in [1.807, 2.05) is 0 Å². The number of nitrogens with one attached hydrogen (secondary N) is 1. The third kappa shape index (κ3) is 2.92. The molecule has 2 aromatic heterocycles. The third-order valence-electron chi connectivity index (χ3n) is 1.87. The van der Waals surface area contributed by atoms with Crippen molar-refractivity contribution < 1.29 is 9.53 Å². The molecule has 2 aromatic rings. The maximum absolute atomic E-state index is 11.1. The molecule has 0 amide bonds. The number of methoxy groups -OCH3 is 1. The Morgan fingerprint density at radius 3 is 2.78 bits per heavy atom. The molecule has 8 heteroatoms. The zero-order chi connectivity index (χ0) is 13.0. The van der Waals surface area contributed by atoms with Crippen LogP contribution in [0.15, 0.2) is 39.6 Å². The van der Waals surface area contributed by atoms with Crippen LogP contribution in [0.4, 0.5) is 0 Å². The lowest BCUT2D eigenvalue weighted by molar-refractivity contribution is 0.0593. The minimum absolute atomic E-state index is 0.122. The van der Waals surface area contributed by atoms with Gasteiger partial charge >= 0.3 is 5.97 Å². The van der Waals surface area contributed by atoms with Gasteiger partial charge in [0.15, 0.2) is 10.9 Å². The van der Waals surface area contributed by atoms with Gasteiger partial charge in [0, 0.05) is 12.3 Å². The van der Waals surface area contributed by atoms with Gasteiger partial charge in [-0.25, -0.2) is 19.7 Å². The van der Waals surface area contributed by atoms with Crippen LogP contribution in [0.2, 0.25) is 0 Å². The Morgan fingerprint density at radius 1 is 1.33 bits per heavy atom. The molecule has 92 valence electrons. The average Bonchev–Trinajstić information content (AvgIpc) is 2.39. The summed E-state index contributed by atoms with van der Waals surface area (Å²) in [7, 11) is 1.27. The van der Waals surface area contributed by atoms with Crippen LogP contribution in [0.3, 0.4) is 0 Å². The van der Waals surface area contributed by atoms with Crippen LogP contribution in [0.1, 0.15) is 10.5 Å². The Hall–Kier alpha value is -2.22. The van der Waals surface area contributed by atoms with Crippen LogP contribution in [0.25, 0.3) is 0 Å². The second-order valence-corrected chi connectivity index (χ2v) is 4.08. The average molecular weight is 264 g/mol. The van der Waals surface area contributed by atoms with E-state index in [1.165, 1.54) is 31.8 Å². The zero-order valence-corrected chi connectivity index (χ0v) is 10.1.